The van der Waals surface area contributed by atoms with Crippen LogP contribution in [-0.2, 0) is 6.54 Å². The summed E-state index contributed by atoms with van der Waals surface area (Å²) in [5.74, 6) is 2.17. The quantitative estimate of drug-likeness (QED) is 0.468. The van der Waals surface area contributed by atoms with Crippen molar-refractivity contribution in [3.8, 4) is 22.0 Å². The summed E-state index contributed by atoms with van der Waals surface area (Å²) in [6.07, 6.45) is 3.83. The highest BCUT2D eigenvalue weighted by Crippen LogP contribution is 2.34. The predicted octanol–water partition coefficient (Wildman–Crippen LogP) is 5.58. The van der Waals surface area contributed by atoms with Crippen LogP contribution in [0, 0.1) is 12.7 Å². The Morgan fingerprint density at radius 3 is 3.00 bits per heavy atom. The van der Waals surface area contributed by atoms with Crippen LogP contribution in [0.4, 0.5) is 4.39 Å². The Morgan fingerprint density at radius 1 is 1.28 bits per heavy atom. The molecule has 0 aliphatic carbocycles. The molecule has 1 aliphatic rings. The van der Waals surface area contributed by atoms with E-state index in [1.807, 2.05) is 30.5 Å². The Balaban J connectivity index is 1.37. The van der Waals surface area contributed by atoms with Crippen LogP contribution in [0.25, 0.3) is 22.0 Å². The van der Waals surface area contributed by atoms with Crippen LogP contribution in [0.2, 0.25) is 0 Å². The molecule has 1 fully saturated rings. The van der Waals surface area contributed by atoms with Crippen molar-refractivity contribution >= 4 is 11.3 Å². The first kappa shape index (κ1) is 18.3. The lowest BCUT2D eigenvalue weighted by atomic mass is 10.1. The van der Waals surface area contributed by atoms with E-state index >= 15 is 0 Å². The summed E-state index contributed by atoms with van der Waals surface area (Å²) < 4.78 is 20.0. The van der Waals surface area contributed by atoms with E-state index in [9.17, 15) is 4.39 Å². The number of benzene rings is 1. The molecule has 5 rings (SSSR count). The van der Waals surface area contributed by atoms with Gasteiger partial charge in [0.05, 0.1) is 28.5 Å². The van der Waals surface area contributed by atoms with Gasteiger partial charge in [0.1, 0.15) is 17.4 Å². The van der Waals surface area contributed by atoms with Gasteiger partial charge in [0.25, 0.3) is 0 Å². The maximum Gasteiger partial charge on any atom is 0.236 e. The molecule has 0 amide bonds. The molecule has 1 saturated heterocycles. The number of rotatable bonds is 5. The maximum atomic E-state index is 14.1. The molecule has 1 unspecified atom stereocenters. The van der Waals surface area contributed by atoms with Crippen LogP contribution in [0.15, 0.2) is 52.4 Å². The molecule has 1 N–H and O–H groups in total. The van der Waals surface area contributed by atoms with E-state index in [2.05, 4.69) is 14.9 Å². The van der Waals surface area contributed by atoms with Crippen LogP contribution >= 0.6 is 11.3 Å². The molecule has 7 heteroatoms. The second kappa shape index (κ2) is 7.57. The fraction of sp³-hybridized carbons (Fsp3) is 0.273. The highest BCUT2D eigenvalue weighted by Gasteiger charge is 2.30. The van der Waals surface area contributed by atoms with Gasteiger partial charge in [-0.15, -0.1) is 11.3 Å². The van der Waals surface area contributed by atoms with Gasteiger partial charge in [-0.3, -0.25) is 4.90 Å². The first-order valence-corrected chi connectivity index (χ1v) is 10.6. The van der Waals surface area contributed by atoms with Crippen LogP contribution in [0.5, 0.6) is 0 Å². The molecule has 0 bridgehead atoms. The second-order valence-electron chi connectivity index (χ2n) is 7.29. The normalized spacial score (nSPS) is 17.2. The Kier molecular flexibility index (Phi) is 4.77. The molecule has 1 aromatic carbocycles. The second-order valence-corrected chi connectivity index (χ2v) is 8.24. The minimum Gasteiger partial charge on any atom is -0.440 e. The lowest BCUT2D eigenvalue weighted by Crippen LogP contribution is -2.24. The minimum absolute atomic E-state index is 0.164. The molecule has 3 aromatic heterocycles. The number of hydrogen-bond acceptors (Lipinski definition) is 5. The highest BCUT2D eigenvalue weighted by atomic mass is 32.1. The van der Waals surface area contributed by atoms with Crippen molar-refractivity contribution in [1.82, 2.24) is 19.9 Å². The van der Waals surface area contributed by atoms with Crippen LogP contribution in [0.3, 0.4) is 0 Å². The smallest absolute Gasteiger partial charge is 0.236 e. The number of oxazole rings is 1. The van der Waals surface area contributed by atoms with Gasteiger partial charge in [-0.1, -0.05) is 18.2 Å². The van der Waals surface area contributed by atoms with Gasteiger partial charge in [-0.2, -0.15) is 0 Å². The van der Waals surface area contributed by atoms with E-state index in [1.54, 1.807) is 29.7 Å². The average Bonchev–Trinajstić information content (AvgIpc) is 3.50. The van der Waals surface area contributed by atoms with Gasteiger partial charge in [0.15, 0.2) is 0 Å². The molecule has 0 radical (unpaired) electrons. The number of hydrogen-bond donors (Lipinski definition) is 1. The van der Waals surface area contributed by atoms with E-state index < -0.39 is 0 Å². The molecule has 4 heterocycles. The monoisotopic (exact) mass is 408 g/mol. The number of nitrogens with one attached hydrogen (secondary N) is 1. The topological polar surface area (TPSA) is 58.0 Å². The van der Waals surface area contributed by atoms with Gasteiger partial charge < -0.3 is 9.40 Å². The van der Waals surface area contributed by atoms with Gasteiger partial charge in [0, 0.05) is 12.1 Å². The Hall–Kier alpha value is -2.77. The summed E-state index contributed by atoms with van der Waals surface area (Å²) in [7, 11) is 0. The van der Waals surface area contributed by atoms with E-state index in [-0.39, 0.29) is 11.9 Å². The van der Waals surface area contributed by atoms with Crippen LogP contribution < -0.4 is 0 Å². The van der Waals surface area contributed by atoms with E-state index in [0.29, 0.717) is 23.7 Å². The number of thiophene rings is 1. The summed E-state index contributed by atoms with van der Waals surface area (Å²) in [5.41, 5.74) is 2.22. The number of H-pyrrole nitrogens is 1. The van der Waals surface area contributed by atoms with Crippen molar-refractivity contribution in [2.45, 2.75) is 32.4 Å². The SMILES string of the molecule is Cc1oc(-c2cccs2)nc1CN1CCCC1c1ncc(-c2ccccc2F)[nH]1. The fourth-order valence-corrected chi connectivity index (χ4v) is 4.57. The van der Waals surface area contributed by atoms with Gasteiger partial charge >= 0.3 is 0 Å². The molecule has 0 saturated carbocycles. The van der Waals surface area contributed by atoms with Crippen molar-refractivity contribution in [3.05, 3.63) is 71.1 Å². The Morgan fingerprint density at radius 2 is 2.17 bits per heavy atom. The van der Waals surface area contributed by atoms with Crippen LogP contribution in [-0.4, -0.2) is 26.4 Å². The summed E-state index contributed by atoms with van der Waals surface area (Å²) in [6, 6.07) is 10.9. The van der Waals surface area contributed by atoms with Crippen molar-refractivity contribution in [1.29, 1.82) is 0 Å². The fourth-order valence-electron chi connectivity index (χ4n) is 3.92. The van der Waals surface area contributed by atoms with E-state index in [0.717, 1.165) is 41.5 Å². The van der Waals surface area contributed by atoms with Crippen molar-refractivity contribution in [2.75, 3.05) is 6.54 Å². The van der Waals surface area contributed by atoms with Gasteiger partial charge in [0.2, 0.25) is 5.89 Å². The minimum atomic E-state index is -0.245. The van der Waals surface area contributed by atoms with Gasteiger partial charge in [-0.25, -0.2) is 14.4 Å². The van der Waals surface area contributed by atoms with Gasteiger partial charge in [-0.05, 0) is 49.9 Å². The largest absolute Gasteiger partial charge is 0.440 e. The summed E-state index contributed by atoms with van der Waals surface area (Å²) in [4.78, 5) is 16.0. The lowest BCUT2D eigenvalue weighted by molar-refractivity contribution is 0.237. The highest BCUT2D eigenvalue weighted by molar-refractivity contribution is 7.13. The van der Waals surface area contributed by atoms with E-state index in [1.165, 1.54) is 6.07 Å². The number of aromatic amines is 1. The number of nitrogens with zero attached hydrogens (tertiary/aromatic N) is 3. The maximum absolute atomic E-state index is 14.1. The number of imidazole rings is 1. The lowest BCUT2D eigenvalue weighted by Gasteiger charge is -2.21. The Bertz CT molecular complexity index is 1120. The third-order valence-electron chi connectivity index (χ3n) is 5.42. The summed E-state index contributed by atoms with van der Waals surface area (Å²) in [6.45, 7) is 3.65. The van der Waals surface area contributed by atoms with Crippen molar-refractivity contribution < 1.29 is 8.81 Å². The Labute approximate surface area is 172 Å². The first-order chi connectivity index (χ1) is 14.2. The third kappa shape index (κ3) is 3.52. The molecule has 1 aliphatic heterocycles. The number of halogens is 1. The molecule has 148 valence electrons. The standard InChI is InChI=1S/C22H21FN4OS/c1-14-18(26-22(28-14)20-9-5-11-29-20)13-27-10-4-8-19(27)21-24-12-17(25-21)15-6-2-3-7-16(15)23/h2-3,5-7,9,11-12,19H,4,8,10,13H2,1H3,(H,24,25). The van der Waals surface area contributed by atoms with Crippen molar-refractivity contribution in [3.63, 3.8) is 0 Å². The van der Waals surface area contributed by atoms with E-state index in [4.69, 9.17) is 9.40 Å². The average molecular weight is 409 g/mol. The zero-order valence-corrected chi connectivity index (χ0v) is 16.9. The third-order valence-corrected chi connectivity index (χ3v) is 6.27. The number of likely N-dealkylation sites (tertiary alicyclic amines) is 1. The molecular weight excluding hydrogens is 387 g/mol. The summed E-state index contributed by atoms with van der Waals surface area (Å²) in [5, 5.41) is 2.02. The number of aryl methyl sites for hydroxylation is 1. The molecule has 0 spiro atoms. The predicted molar refractivity (Wildman–Crippen MR) is 111 cm³/mol. The molecule has 5 nitrogen and oxygen atoms in total. The summed E-state index contributed by atoms with van der Waals surface area (Å²) >= 11 is 1.62. The first-order valence-electron chi connectivity index (χ1n) is 9.73. The zero-order chi connectivity index (χ0) is 19.8. The molecule has 29 heavy (non-hydrogen) atoms. The molecule has 1 atom stereocenters. The molecular formula is C22H21FN4OS. The zero-order valence-electron chi connectivity index (χ0n) is 16.1. The number of aromatic nitrogens is 3. The molecule has 4 aromatic rings. The van der Waals surface area contributed by atoms with Crippen molar-refractivity contribution in [2.24, 2.45) is 0 Å². The van der Waals surface area contributed by atoms with Crippen LogP contribution in [0.1, 0.15) is 36.2 Å².